The predicted molar refractivity (Wildman–Crippen MR) is 119 cm³/mol. The SMILES string of the molecule is COc1ccc(-n2c(C)nnc2SCC(=O)NC2CCCN(c3ncccn3)C2)cc1. The quantitative estimate of drug-likeness (QED) is 0.560. The number of nitrogens with zero attached hydrogens (tertiary/aromatic N) is 6. The predicted octanol–water partition coefficient (Wildman–Crippen LogP) is 2.25. The van der Waals surface area contributed by atoms with E-state index in [1.807, 2.05) is 35.8 Å². The third-order valence-electron chi connectivity index (χ3n) is 5.08. The summed E-state index contributed by atoms with van der Waals surface area (Å²) < 4.78 is 7.16. The lowest BCUT2D eigenvalue weighted by molar-refractivity contribution is -0.119. The molecule has 1 fully saturated rings. The molecule has 2 aromatic heterocycles. The van der Waals surface area contributed by atoms with E-state index >= 15 is 0 Å². The van der Waals surface area contributed by atoms with Crippen molar-refractivity contribution in [3.05, 3.63) is 48.5 Å². The number of amides is 1. The summed E-state index contributed by atoms with van der Waals surface area (Å²) >= 11 is 1.37. The highest BCUT2D eigenvalue weighted by Crippen LogP contribution is 2.23. The minimum Gasteiger partial charge on any atom is -0.497 e. The Kier molecular flexibility index (Phi) is 6.66. The van der Waals surface area contributed by atoms with Gasteiger partial charge in [0.05, 0.1) is 12.9 Å². The highest BCUT2D eigenvalue weighted by Gasteiger charge is 2.23. The highest BCUT2D eigenvalue weighted by atomic mass is 32.2. The fourth-order valence-corrected chi connectivity index (χ4v) is 4.40. The Balaban J connectivity index is 1.35. The summed E-state index contributed by atoms with van der Waals surface area (Å²) in [5.74, 6) is 2.50. The Hall–Kier alpha value is -3.14. The Morgan fingerprint density at radius 3 is 2.74 bits per heavy atom. The van der Waals surface area contributed by atoms with Gasteiger partial charge in [0.25, 0.3) is 0 Å². The van der Waals surface area contributed by atoms with Gasteiger partial charge in [0, 0.05) is 37.2 Å². The van der Waals surface area contributed by atoms with Crippen molar-refractivity contribution in [2.45, 2.75) is 31.0 Å². The molecule has 4 rings (SSSR count). The number of nitrogens with one attached hydrogen (secondary N) is 1. The molecule has 0 bridgehead atoms. The van der Waals surface area contributed by atoms with Gasteiger partial charge in [-0.1, -0.05) is 11.8 Å². The van der Waals surface area contributed by atoms with Crippen LogP contribution in [0, 0.1) is 6.92 Å². The first-order valence-electron chi connectivity index (χ1n) is 10.1. The molecular formula is C21H25N7O2S. The summed E-state index contributed by atoms with van der Waals surface area (Å²) in [6.45, 7) is 3.50. The number of methoxy groups -OCH3 is 1. The molecule has 1 saturated heterocycles. The average Bonchev–Trinajstić information content (AvgIpc) is 3.19. The second kappa shape index (κ2) is 9.78. The molecule has 1 aromatic carbocycles. The molecule has 1 aliphatic heterocycles. The van der Waals surface area contributed by atoms with Gasteiger partial charge in [0.1, 0.15) is 11.6 Å². The van der Waals surface area contributed by atoms with E-state index in [-0.39, 0.29) is 17.7 Å². The van der Waals surface area contributed by atoms with Gasteiger partial charge < -0.3 is 15.0 Å². The van der Waals surface area contributed by atoms with Crippen molar-refractivity contribution in [1.82, 2.24) is 30.0 Å². The van der Waals surface area contributed by atoms with Crippen LogP contribution in [-0.2, 0) is 4.79 Å². The first kappa shape index (κ1) is 21.1. The molecule has 1 unspecified atom stereocenters. The van der Waals surface area contributed by atoms with E-state index in [2.05, 4.69) is 30.4 Å². The van der Waals surface area contributed by atoms with Crippen LogP contribution in [0.4, 0.5) is 5.95 Å². The maximum absolute atomic E-state index is 12.6. The van der Waals surface area contributed by atoms with E-state index in [0.29, 0.717) is 17.6 Å². The lowest BCUT2D eigenvalue weighted by Gasteiger charge is -2.33. The lowest BCUT2D eigenvalue weighted by atomic mass is 10.1. The van der Waals surface area contributed by atoms with E-state index in [1.165, 1.54) is 11.8 Å². The number of benzene rings is 1. The number of ether oxygens (including phenoxy) is 1. The van der Waals surface area contributed by atoms with E-state index in [9.17, 15) is 4.79 Å². The molecule has 10 heteroatoms. The number of aromatic nitrogens is 5. The van der Waals surface area contributed by atoms with Crippen molar-refractivity contribution in [3.8, 4) is 11.4 Å². The number of rotatable bonds is 7. The van der Waals surface area contributed by atoms with Gasteiger partial charge in [-0.05, 0) is 50.1 Å². The third-order valence-corrected chi connectivity index (χ3v) is 6.01. The van der Waals surface area contributed by atoms with Crippen LogP contribution in [0.5, 0.6) is 5.75 Å². The number of hydrogen-bond donors (Lipinski definition) is 1. The van der Waals surface area contributed by atoms with Gasteiger partial charge in [-0.2, -0.15) is 0 Å². The molecular weight excluding hydrogens is 414 g/mol. The molecule has 0 spiro atoms. The first-order valence-corrected chi connectivity index (χ1v) is 11.1. The number of carbonyl (C=O) groups is 1. The number of thioether (sulfide) groups is 1. The van der Waals surface area contributed by atoms with Crippen LogP contribution in [-0.4, -0.2) is 62.6 Å². The zero-order valence-electron chi connectivity index (χ0n) is 17.6. The zero-order chi connectivity index (χ0) is 21.6. The standard InChI is InChI=1S/C21H25N7O2S/c1-15-25-26-21(28(15)17-6-8-18(30-2)9-7-17)31-14-19(29)24-16-5-3-12-27(13-16)20-22-10-4-11-23-20/h4,6-11,16H,3,5,12-14H2,1-2H3,(H,24,29). The zero-order valence-corrected chi connectivity index (χ0v) is 18.4. The summed E-state index contributed by atoms with van der Waals surface area (Å²) in [7, 11) is 1.64. The van der Waals surface area contributed by atoms with Crippen LogP contribution >= 0.6 is 11.8 Å². The van der Waals surface area contributed by atoms with E-state index in [1.54, 1.807) is 25.6 Å². The van der Waals surface area contributed by atoms with Crippen molar-refractivity contribution in [3.63, 3.8) is 0 Å². The van der Waals surface area contributed by atoms with Crippen molar-refractivity contribution in [2.75, 3.05) is 30.9 Å². The monoisotopic (exact) mass is 439 g/mol. The van der Waals surface area contributed by atoms with Crippen LogP contribution in [0.3, 0.4) is 0 Å². The fraction of sp³-hybridized carbons (Fsp3) is 0.381. The van der Waals surface area contributed by atoms with Crippen molar-refractivity contribution in [1.29, 1.82) is 0 Å². The maximum Gasteiger partial charge on any atom is 0.230 e. The average molecular weight is 440 g/mol. The number of carbonyl (C=O) groups excluding carboxylic acids is 1. The Labute approximate surface area is 185 Å². The first-order chi connectivity index (χ1) is 15.1. The van der Waals surface area contributed by atoms with Crippen molar-refractivity contribution >= 4 is 23.6 Å². The van der Waals surface area contributed by atoms with Crippen LogP contribution in [0.15, 0.2) is 47.9 Å². The van der Waals surface area contributed by atoms with Gasteiger partial charge in [-0.15, -0.1) is 10.2 Å². The summed E-state index contributed by atoms with van der Waals surface area (Å²) in [6.07, 6.45) is 5.41. The molecule has 0 saturated carbocycles. The van der Waals surface area contributed by atoms with Crippen LogP contribution in [0.1, 0.15) is 18.7 Å². The molecule has 1 aliphatic rings. The molecule has 1 atom stereocenters. The molecule has 0 aliphatic carbocycles. The minimum absolute atomic E-state index is 0.0206. The van der Waals surface area contributed by atoms with Gasteiger partial charge >= 0.3 is 0 Å². The normalized spacial score (nSPS) is 16.2. The van der Waals surface area contributed by atoms with Crippen LogP contribution in [0.2, 0.25) is 0 Å². The summed E-state index contributed by atoms with van der Waals surface area (Å²) in [6, 6.07) is 9.55. The molecule has 3 heterocycles. The van der Waals surface area contributed by atoms with E-state index in [4.69, 9.17) is 4.74 Å². The number of aryl methyl sites for hydroxylation is 1. The largest absolute Gasteiger partial charge is 0.497 e. The molecule has 3 aromatic rings. The van der Waals surface area contributed by atoms with Crippen molar-refractivity contribution in [2.24, 2.45) is 0 Å². The van der Waals surface area contributed by atoms with Gasteiger partial charge in [0.15, 0.2) is 5.16 Å². The third kappa shape index (κ3) is 5.13. The molecule has 9 nitrogen and oxygen atoms in total. The Bertz CT molecular complexity index is 1010. The maximum atomic E-state index is 12.6. The summed E-state index contributed by atoms with van der Waals surface area (Å²) in [5, 5.41) is 12.2. The smallest absolute Gasteiger partial charge is 0.230 e. The summed E-state index contributed by atoms with van der Waals surface area (Å²) in [5.41, 5.74) is 0.928. The molecule has 162 valence electrons. The number of hydrogen-bond acceptors (Lipinski definition) is 8. The lowest BCUT2D eigenvalue weighted by Crippen LogP contribution is -2.48. The number of piperidine rings is 1. The van der Waals surface area contributed by atoms with Crippen LogP contribution < -0.4 is 15.0 Å². The molecule has 1 N–H and O–H groups in total. The Morgan fingerprint density at radius 2 is 2.00 bits per heavy atom. The van der Waals surface area contributed by atoms with Crippen molar-refractivity contribution < 1.29 is 9.53 Å². The van der Waals surface area contributed by atoms with E-state index in [0.717, 1.165) is 36.6 Å². The second-order valence-electron chi connectivity index (χ2n) is 7.25. The number of anilines is 1. The van der Waals surface area contributed by atoms with Gasteiger partial charge in [-0.3, -0.25) is 9.36 Å². The second-order valence-corrected chi connectivity index (χ2v) is 8.20. The van der Waals surface area contributed by atoms with E-state index < -0.39 is 0 Å². The fourth-order valence-electron chi connectivity index (χ4n) is 3.60. The van der Waals surface area contributed by atoms with Gasteiger partial charge in [0.2, 0.25) is 11.9 Å². The summed E-state index contributed by atoms with van der Waals surface area (Å²) in [4.78, 5) is 23.4. The molecule has 31 heavy (non-hydrogen) atoms. The minimum atomic E-state index is -0.0206. The molecule has 0 radical (unpaired) electrons. The highest BCUT2D eigenvalue weighted by molar-refractivity contribution is 7.99. The van der Waals surface area contributed by atoms with Crippen LogP contribution in [0.25, 0.3) is 5.69 Å². The Morgan fingerprint density at radius 1 is 1.23 bits per heavy atom. The molecule has 1 amide bonds. The topological polar surface area (TPSA) is 98.1 Å². The van der Waals surface area contributed by atoms with Gasteiger partial charge in [-0.25, -0.2) is 9.97 Å².